The van der Waals surface area contributed by atoms with Gasteiger partial charge in [-0.2, -0.15) is 5.21 Å². The standard InChI is InChI=1S/C24H23ClN8/c1-2-3-9-21-26-24(25)29-33(21)16-17-10-12-19(13-11-17)32-15-14-20(18-7-5-4-6-8-18)22(32)23-27-30-31-28-23/h4-8,10-15H,2-3,9,16H2,1H3,(H,27,28,30,31). The monoisotopic (exact) mass is 458 g/mol. The summed E-state index contributed by atoms with van der Waals surface area (Å²) in [6, 6.07) is 20.6. The van der Waals surface area contributed by atoms with E-state index in [-0.39, 0.29) is 0 Å². The lowest BCUT2D eigenvalue weighted by Gasteiger charge is -2.11. The number of nitrogens with one attached hydrogen (secondary N) is 1. The molecule has 3 aromatic heterocycles. The summed E-state index contributed by atoms with van der Waals surface area (Å²) in [4.78, 5) is 4.37. The number of hydrogen-bond acceptors (Lipinski definition) is 5. The summed E-state index contributed by atoms with van der Waals surface area (Å²) in [6.45, 7) is 2.78. The second-order valence-electron chi connectivity index (χ2n) is 7.77. The Bertz CT molecular complexity index is 1320. The van der Waals surface area contributed by atoms with Crippen LogP contribution in [0.2, 0.25) is 5.28 Å². The molecule has 0 aliphatic heterocycles. The van der Waals surface area contributed by atoms with Crippen LogP contribution < -0.4 is 0 Å². The maximum absolute atomic E-state index is 6.07. The fourth-order valence-electron chi connectivity index (χ4n) is 3.91. The van der Waals surface area contributed by atoms with Crippen molar-refractivity contribution in [1.29, 1.82) is 0 Å². The summed E-state index contributed by atoms with van der Waals surface area (Å²) in [5.41, 5.74) is 5.14. The molecule has 0 spiro atoms. The molecule has 0 bridgehead atoms. The highest BCUT2D eigenvalue weighted by molar-refractivity contribution is 6.28. The topological polar surface area (TPSA) is 90.1 Å². The van der Waals surface area contributed by atoms with Crippen molar-refractivity contribution in [3.63, 3.8) is 0 Å². The summed E-state index contributed by atoms with van der Waals surface area (Å²) in [5.74, 6) is 1.46. The van der Waals surface area contributed by atoms with E-state index in [2.05, 4.69) is 84.7 Å². The quantitative estimate of drug-likeness (QED) is 0.355. The first kappa shape index (κ1) is 21.1. The Morgan fingerprint density at radius 1 is 1.00 bits per heavy atom. The molecule has 166 valence electrons. The van der Waals surface area contributed by atoms with Crippen molar-refractivity contribution in [2.45, 2.75) is 32.7 Å². The molecule has 1 N–H and O–H groups in total. The smallest absolute Gasteiger partial charge is 0.242 e. The highest BCUT2D eigenvalue weighted by Gasteiger charge is 2.18. The minimum absolute atomic E-state index is 0.295. The van der Waals surface area contributed by atoms with Crippen molar-refractivity contribution in [3.8, 4) is 28.3 Å². The van der Waals surface area contributed by atoms with E-state index in [1.54, 1.807) is 0 Å². The normalized spacial score (nSPS) is 11.2. The van der Waals surface area contributed by atoms with E-state index in [4.69, 9.17) is 11.6 Å². The molecule has 0 fully saturated rings. The number of halogens is 1. The fraction of sp³-hybridized carbons (Fsp3) is 0.208. The maximum Gasteiger partial charge on any atom is 0.242 e. The molecule has 0 aliphatic rings. The molecule has 5 aromatic rings. The minimum Gasteiger partial charge on any atom is -0.313 e. The molecule has 0 aliphatic carbocycles. The van der Waals surface area contributed by atoms with E-state index in [1.165, 1.54) is 0 Å². The van der Waals surface area contributed by atoms with E-state index in [0.29, 0.717) is 17.7 Å². The van der Waals surface area contributed by atoms with Crippen LogP contribution >= 0.6 is 11.6 Å². The van der Waals surface area contributed by atoms with E-state index in [0.717, 1.165) is 53.2 Å². The average molecular weight is 459 g/mol. The number of hydrogen-bond donors (Lipinski definition) is 1. The SMILES string of the molecule is CCCCc1nc(Cl)nn1Cc1ccc(-n2ccc(-c3ccccc3)c2-c2nn[nH]n2)cc1. The van der Waals surface area contributed by atoms with Gasteiger partial charge in [0, 0.05) is 23.9 Å². The lowest BCUT2D eigenvalue weighted by atomic mass is 10.1. The Kier molecular flexibility index (Phi) is 5.99. The average Bonchev–Trinajstić information content (AvgIpc) is 3.58. The summed E-state index contributed by atoms with van der Waals surface area (Å²) < 4.78 is 3.97. The number of aromatic amines is 1. The fourth-order valence-corrected chi connectivity index (χ4v) is 4.10. The molecule has 0 unspecified atom stereocenters. The Labute approximate surface area is 196 Å². The summed E-state index contributed by atoms with van der Waals surface area (Å²) in [7, 11) is 0. The molecule has 8 nitrogen and oxygen atoms in total. The third kappa shape index (κ3) is 4.42. The van der Waals surface area contributed by atoms with Crippen LogP contribution in [0.25, 0.3) is 28.3 Å². The summed E-state index contributed by atoms with van der Waals surface area (Å²) in [5, 5.41) is 19.5. The van der Waals surface area contributed by atoms with Gasteiger partial charge in [-0.3, -0.25) is 0 Å². The Morgan fingerprint density at radius 3 is 2.55 bits per heavy atom. The van der Waals surface area contributed by atoms with Gasteiger partial charge in [-0.25, -0.2) is 9.67 Å². The molecule has 2 aromatic carbocycles. The molecule has 33 heavy (non-hydrogen) atoms. The van der Waals surface area contributed by atoms with Crippen LogP contribution in [-0.2, 0) is 13.0 Å². The number of rotatable bonds is 8. The highest BCUT2D eigenvalue weighted by Crippen LogP contribution is 2.33. The summed E-state index contributed by atoms with van der Waals surface area (Å²) >= 11 is 6.07. The van der Waals surface area contributed by atoms with Crippen molar-refractivity contribution in [2.24, 2.45) is 0 Å². The zero-order valence-electron chi connectivity index (χ0n) is 18.2. The molecule has 0 atom stereocenters. The van der Waals surface area contributed by atoms with Gasteiger partial charge in [-0.1, -0.05) is 55.8 Å². The van der Waals surface area contributed by atoms with Crippen molar-refractivity contribution in [2.75, 3.05) is 0 Å². The maximum atomic E-state index is 6.07. The van der Waals surface area contributed by atoms with Crippen LogP contribution in [0.5, 0.6) is 0 Å². The number of H-pyrrole nitrogens is 1. The first-order valence-electron chi connectivity index (χ1n) is 10.9. The predicted molar refractivity (Wildman–Crippen MR) is 127 cm³/mol. The number of nitrogens with zero attached hydrogens (tertiary/aromatic N) is 7. The second kappa shape index (κ2) is 9.38. The molecule has 0 saturated heterocycles. The number of benzene rings is 2. The molecular formula is C24H23ClN8. The van der Waals surface area contributed by atoms with Crippen LogP contribution in [0.4, 0.5) is 0 Å². The lowest BCUT2D eigenvalue weighted by molar-refractivity contribution is 0.618. The third-order valence-corrected chi connectivity index (χ3v) is 5.71. The molecule has 5 rings (SSSR count). The van der Waals surface area contributed by atoms with Crippen LogP contribution in [0.3, 0.4) is 0 Å². The Hall–Kier alpha value is -3.78. The van der Waals surface area contributed by atoms with Crippen molar-refractivity contribution < 1.29 is 0 Å². The zero-order valence-corrected chi connectivity index (χ0v) is 18.9. The van der Waals surface area contributed by atoms with Crippen LogP contribution in [-0.4, -0.2) is 40.0 Å². The Balaban J connectivity index is 1.46. The number of tetrazole rings is 1. The van der Waals surface area contributed by atoms with E-state index < -0.39 is 0 Å². The zero-order chi connectivity index (χ0) is 22.6. The van der Waals surface area contributed by atoms with Gasteiger partial charge in [0.05, 0.1) is 6.54 Å². The summed E-state index contributed by atoms with van der Waals surface area (Å²) in [6.07, 6.45) is 5.06. The number of unbranched alkanes of at least 4 members (excludes halogenated alkanes) is 1. The van der Waals surface area contributed by atoms with Gasteiger partial charge in [0.25, 0.3) is 0 Å². The van der Waals surface area contributed by atoms with Crippen molar-refractivity contribution in [3.05, 3.63) is 83.5 Å². The third-order valence-electron chi connectivity index (χ3n) is 5.55. The van der Waals surface area contributed by atoms with Gasteiger partial charge in [0.1, 0.15) is 11.5 Å². The van der Waals surface area contributed by atoms with Gasteiger partial charge in [0.2, 0.25) is 11.1 Å². The highest BCUT2D eigenvalue weighted by atomic mass is 35.5. The van der Waals surface area contributed by atoms with E-state index in [1.807, 2.05) is 29.1 Å². The second-order valence-corrected chi connectivity index (χ2v) is 8.11. The minimum atomic E-state index is 0.295. The molecule has 9 heteroatoms. The van der Waals surface area contributed by atoms with Crippen molar-refractivity contribution in [1.82, 2.24) is 40.0 Å². The first-order valence-corrected chi connectivity index (χ1v) is 11.3. The molecule has 3 heterocycles. The predicted octanol–water partition coefficient (Wildman–Crippen LogP) is 4.96. The Morgan fingerprint density at radius 2 is 1.82 bits per heavy atom. The van der Waals surface area contributed by atoms with Crippen LogP contribution in [0.15, 0.2) is 66.9 Å². The largest absolute Gasteiger partial charge is 0.313 e. The van der Waals surface area contributed by atoms with E-state index in [9.17, 15) is 0 Å². The number of aryl methyl sites for hydroxylation is 1. The van der Waals surface area contributed by atoms with Crippen LogP contribution in [0.1, 0.15) is 31.2 Å². The first-order chi connectivity index (χ1) is 16.2. The van der Waals surface area contributed by atoms with Gasteiger partial charge >= 0.3 is 0 Å². The van der Waals surface area contributed by atoms with Gasteiger partial charge in [0.15, 0.2) is 0 Å². The van der Waals surface area contributed by atoms with Gasteiger partial charge < -0.3 is 4.57 Å². The van der Waals surface area contributed by atoms with Crippen LogP contribution in [0, 0.1) is 0 Å². The molecule has 0 radical (unpaired) electrons. The molecule has 0 amide bonds. The van der Waals surface area contributed by atoms with Gasteiger partial charge in [-0.05, 0) is 52.6 Å². The van der Waals surface area contributed by atoms with Gasteiger partial charge in [-0.15, -0.1) is 15.3 Å². The lowest BCUT2D eigenvalue weighted by Crippen LogP contribution is -2.07. The molecular weight excluding hydrogens is 436 g/mol. The number of aromatic nitrogens is 8. The molecule has 0 saturated carbocycles. The van der Waals surface area contributed by atoms with Crippen molar-refractivity contribution >= 4 is 11.6 Å². The van der Waals surface area contributed by atoms with E-state index >= 15 is 0 Å².